The maximum Gasteiger partial charge on any atom is 2.00 e. The van der Waals surface area contributed by atoms with Crippen molar-refractivity contribution in [3.63, 3.8) is 0 Å². The zero-order valence-corrected chi connectivity index (χ0v) is 35.8. The van der Waals surface area contributed by atoms with E-state index in [4.69, 9.17) is 29.4 Å². The molecule has 0 atom stereocenters. The first-order valence-corrected chi connectivity index (χ1v) is 18.2. The number of carbonyl (C=O) groups excluding carboxylic acids is 2. The van der Waals surface area contributed by atoms with E-state index in [9.17, 15) is 9.59 Å². The van der Waals surface area contributed by atoms with E-state index in [1.54, 1.807) is 0 Å². The Labute approximate surface area is 326 Å². The number of aromatic nitrogens is 4. The minimum Gasteiger partial charge on any atom is -0.657 e. The smallest absolute Gasteiger partial charge is 0.657 e. The number of rotatable bonds is 9. The van der Waals surface area contributed by atoms with Crippen molar-refractivity contribution in [3.05, 3.63) is 92.0 Å². The summed E-state index contributed by atoms with van der Waals surface area (Å²) in [6, 6.07) is 14.5. The van der Waals surface area contributed by atoms with Gasteiger partial charge in [0.2, 0.25) is 0 Å². The fraction of sp³-hybridized carbons (Fsp3) is 0.333. The summed E-state index contributed by atoms with van der Waals surface area (Å²) in [5.74, 6) is -0.567. The summed E-state index contributed by atoms with van der Waals surface area (Å²) >= 11 is 3.62. The van der Waals surface area contributed by atoms with Gasteiger partial charge in [0.1, 0.15) is 0 Å². The Morgan fingerprint density at radius 3 is 1.92 bits per heavy atom. The average Bonchev–Trinajstić information content (AvgIpc) is 3.79. The number of esters is 2. The number of halogens is 1. The molecular formula is C42H43BrN4O4Zn. The molecule has 0 saturated heterocycles. The number of allylic oxidation sites excluding steroid dienone is 4. The second-order valence-electron chi connectivity index (χ2n) is 13.0. The predicted molar refractivity (Wildman–Crippen MR) is 208 cm³/mol. The second kappa shape index (κ2) is 16.3. The summed E-state index contributed by atoms with van der Waals surface area (Å²) in [7, 11) is 2.81. The van der Waals surface area contributed by atoms with Crippen LogP contribution in [-0.2, 0) is 51.4 Å². The molecule has 2 aliphatic rings. The first kappa shape index (κ1) is 39.1. The third kappa shape index (κ3) is 7.38. The van der Waals surface area contributed by atoms with E-state index in [-0.39, 0.29) is 44.3 Å². The zero-order chi connectivity index (χ0) is 36.6. The van der Waals surface area contributed by atoms with Gasteiger partial charge in [0.05, 0.1) is 37.0 Å². The molecule has 0 radical (unpaired) electrons. The van der Waals surface area contributed by atoms with Crippen LogP contribution in [-0.4, -0.2) is 36.1 Å². The van der Waals surface area contributed by atoms with Gasteiger partial charge in [-0.15, -0.1) is 22.1 Å². The van der Waals surface area contributed by atoms with Gasteiger partial charge < -0.3 is 19.4 Å². The SMILES string of the molecule is CCC1=C(C)c2nc1cc1[n-]c(cc3nc(cc4[n-]c(c(C)c4CC)c2-c2ccc(Br)cc2)C(C)=C3CCC(=O)OC)c(CCC(=O)OC)c1C.[Zn+2]. The van der Waals surface area contributed by atoms with Crippen molar-refractivity contribution >= 4 is 72.2 Å². The largest absolute Gasteiger partial charge is 2.00 e. The first-order valence-electron chi connectivity index (χ1n) is 17.4. The van der Waals surface area contributed by atoms with Gasteiger partial charge in [-0.2, -0.15) is 0 Å². The maximum atomic E-state index is 12.3. The monoisotopic (exact) mass is 810 g/mol. The van der Waals surface area contributed by atoms with Crippen LogP contribution in [0, 0.1) is 13.8 Å². The number of benzene rings is 1. The molecule has 10 heteroatoms. The van der Waals surface area contributed by atoms with Crippen molar-refractivity contribution in [2.45, 2.75) is 80.1 Å². The van der Waals surface area contributed by atoms with Crippen molar-refractivity contribution < 1.29 is 38.5 Å². The van der Waals surface area contributed by atoms with Crippen LogP contribution in [0.1, 0.15) is 98.4 Å². The first-order chi connectivity index (χ1) is 24.5. The molecule has 264 valence electrons. The topological polar surface area (TPSA) is 107 Å². The summed E-state index contributed by atoms with van der Waals surface area (Å²) in [6.07, 6.45) is 2.95. The number of hydrogen-bond acceptors (Lipinski definition) is 6. The van der Waals surface area contributed by atoms with Gasteiger partial charge in [-0.3, -0.25) is 9.59 Å². The van der Waals surface area contributed by atoms with Crippen LogP contribution < -0.4 is 9.97 Å². The van der Waals surface area contributed by atoms with Crippen LogP contribution in [0.15, 0.2) is 46.9 Å². The molecule has 52 heavy (non-hydrogen) atoms. The third-order valence-electron chi connectivity index (χ3n) is 10.2. The fourth-order valence-electron chi connectivity index (χ4n) is 7.29. The van der Waals surface area contributed by atoms with Gasteiger partial charge in [-0.25, -0.2) is 9.97 Å². The Hall–Kier alpha value is -4.14. The van der Waals surface area contributed by atoms with Gasteiger partial charge in [0, 0.05) is 17.3 Å². The van der Waals surface area contributed by atoms with Crippen LogP contribution in [0.2, 0.25) is 0 Å². The molecule has 0 amide bonds. The van der Waals surface area contributed by atoms with E-state index in [1.165, 1.54) is 14.2 Å². The third-order valence-corrected chi connectivity index (χ3v) is 10.7. The Morgan fingerprint density at radius 1 is 0.692 bits per heavy atom. The second-order valence-corrected chi connectivity index (χ2v) is 14.0. The Morgan fingerprint density at radius 2 is 1.29 bits per heavy atom. The number of fused-ring (bicyclic) bond motifs is 8. The van der Waals surface area contributed by atoms with Gasteiger partial charge in [0.15, 0.2) is 0 Å². The minimum absolute atomic E-state index is 0. The van der Waals surface area contributed by atoms with Gasteiger partial charge in [-0.05, 0) is 98.9 Å². The number of nitrogens with zero attached hydrogens (tertiary/aromatic N) is 4. The number of methoxy groups -OCH3 is 2. The molecule has 0 unspecified atom stereocenters. The standard InChI is InChI=1S/C42H43BrN4O4.Zn/c1-9-28-24(5)41-40(26-11-13-27(43)14-12-26)42-25(6)29(10-2)35(47-42)20-33-23(4)31(16-18-39(49)51-8)37(45-33)21-36-30(15-17-38(48)50-7)22(3)32(44-36)19-34(28)46-41;/h11-14,19-21H,9-10,15-18H2,1-8H3;/q-2;+2. The van der Waals surface area contributed by atoms with Crippen LogP contribution in [0.3, 0.4) is 0 Å². The van der Waals surface area contributed by atoms with Gasteiger partial charge in [0.25, 0.3) is 0 Å². The molecule has 0 N–H and O–H groups in total. The molecule has 4 aromatic rings. The molecule has 5 heterocycles. The minimum atomic E-state index is -0.283. The van der Waals surface area contributed by atoms with Crippen LogP contribution >= 0.6 is 15.9 Å². The maximum absolute atomic E-state index is 12.3. The van der Waals surface area contributed by atoms with Crippen molar-refractivity contribution in [1.82, 2.24) is 19.9 Å². The van der Waals surface area contributed by atoms with Crippen LogP contribution in [0.5, 0.6) is 0 Å². The van der Waals surface area contributed by atoms with Gasteiger partial charge in [-0.1, -0.05) is 82.4 Å². The molecule has 8 bridgehead atoms. The number of ether oxygens (including phenoxy) is 2. The van der Waals surface area contributed by atoms with Gasteiger partial charge >= 0.3 is 31.4 Å². The zero-order valence-electron chi connectivity index (χ0n) is 31.3. The fourth-order valence-corrected chi connectivity index (χ4v) is 7.55. The molecule has 0 fully saturated rings. The van der Waals surface area contributed by atoms with Crippen LogP contribution in [0.4, 0.5) is 0 Å². The predicted octanol–water partition coefficient (Wildman–Crippen LogP) is 9.51. The number of hydrogen-bond donors (Lipinski definition) is 0. The summed E-state index contributed by atoms with van der Waals surface area (Å²) in [6.45, 7) is 12.7. The average molecular weight is 813 g/mol. The van der Waals surface area contributed by atoms with Crippen molar-refractivity contribution in [1.29, 1.82) is 0 Å². The summed E-state index contributed by atoms with van der Waals surface area (Å²) in [5, 5.41) is 0. The van der Waals surface area contributed by atoms with Crippen molar-refractivity contribution in [2.75, 3.05) is 14.2 Å². The van der Waals surface area contributed by atoms with E-state index < -0.39 is 0 Å². The summed E-state index contributed by atoms with van der Waals surface area (Å²) in [4.78, 5) is 45.7. The summed E-state index contributed by atoms with van der Waals surface area (Å²) < 4.78 is 11.0. The Kier molecular flexibility index (Phi) is 12.2. The Bertz CT molecular complexity index is 2300. The molecular weight excluding hydrogens is 770 g/mol. The molecule has 8 nitrogen and oxygen atoms in total. The number of carbonyl (C=O) groups is 2. The molecule has 1 aromatic carbocycles. The van der Waals surface area contributed by atoms with E-state index in [1.807, 2.05) is 19.9 Å². The van der Waals surface area contributed by atoms with E-state index >= 15 is 0 Å². The van der Waals surface area contributed by atoms with E-state index in [2.05, 4.69) is 80.0 Å². The van der Waals surface area contributed by atoms with Crippen molar-refractivity contribution in [3.8, 4) is 11.1 Å². The van der Waals surface area contributed by atoms with E-state index in [0.29, 0.717) is 12.8 Å². The normalized spacial score (nSPS) is 12.6. The summed E-state index contributed by atoms with van der Waals surface area (Å²) in [5.41, 5.74) is 17.0. The molecule has 0 aliphatic carbocycles. The molecule has 2 aliphatic heterocycles. The molecule has 0 spiro atoms. The number of aryl methyl sites for hydroxylation is 4. The Balaban J connectivity index is 0.00000523. The quantitative estimate of drug-likeness (QED) is 0.122. The molecule has 6 rings (SSSR count). The van der Waals surface area contributed by atoms with Crippen molar-refractivity contribution in [2.24, 2.45) is 0 Å². The van der Waals surface area contributed by atoms with Crippen LogP contribution in [0.25, 0.3) is 55.5 Å². The van der Waals surface area contributed by atoms with E-state index in [0.717, 1.165) is 118 Å². The molecule has 0 saturated carbocycles. The molecule has 3 aromatic heterocycles.